The fourth-order valence-electron chi connectivity index (χ4n) is 6.30. The van der Waals surface area contributed by atoms with E-state index in [0.717, 1.165) is 47.7 Å². The molecule has 2 aromatic heterocycles. The van der Waals surface area contributed by atoms with E-state index < -0.39 is 0 Å². The number of ketones is 1. The summed E-state index contributed by atoms with van der Waals surface area (Å²) in [6.45, 7) is 6.34. The Hall–Kier alpha value is -2.28. The molecule has 3 atom stereocenters. The summed E-state index contributed by atoms with van der Waals surface area (Å²) in [4.78, 5) is 21.2. The Labute approximate surface area is 244 Å². The van der Waals surface area contributed by atoms with Gasteiger partial charge in [0.2, 0.25) is 5.88 Å². The molecule has 2 aromatic rings. The van der Waals surface area contributed by atoms with Gasteiger partial charge in [0.25, 0.3) is 0 Å². The monoisotopic (exact) mass is 573 g/mol. The molecule has 4 bridgehead atoms. The van der Waals surface area contributed by atoms with Gasteiger partial charge in [-0.2, -0.15) is 11.6 Å². The molecule has 7 heteroatoms. The Morgan fingerprint density at radius 1 is 0.973 bits per heavy atom. The summed E-state index contributed by atoms with van der Waals surface area (Å²) >= 11 is 0. The summed E-state index contributed by atoms with van der Waals surface area (Å²) in [5, 5.41) is 0. The van der Waals surface area contributed by atoms with Crippen LogP contribution >= 0.6 is 0 Å². The number of nitrogens with zero attached hydrogens (tertiary/aromatic N) is 2. The molecule has 2 N–H and O–H groups in total. The van der Waals surface area contributed by atoms with E-state index in [-0.39, 0.29) is 49.9 Å². The second-order valence-electron chi connectivity index (χ2n) is 10.3. The Bertz CT molecular complexity index is 1320. The van der Waals surface area contributed by atoms with Crippen molar-refractivity contribution in [2.45, 2.75) is 52.0 Å². The van der Waals surface area contributed by atoms with Crippen molar-refractivity contribution >= 4 is 5.78 Å². The molecule has 0 amide bonds. The smallest absolute Gasteiger partial charge is 0.213 e. The number of hydrogen-bond donors (Lipinski definition) is 1. The molecule has 6 rings (SSSR count). The minimum Gasteiger partial charge on any atom is -0.482 e. The Kier molecular flexibility index (Phi) is 8.13. The van der Waals surface area contributed by atoms with E-state index in [1.54, 1.807) is 14.2 Å². The van der Waals surface area contributed by atoms with Crippen LogP contribution < -0.4 is 15.2 Å². The van der Waals surface area contributed by atoms with Crippen molar-refractivity contribution in [2.75, 3.05) is 14.2 Å². The average molecular weight is 574 g/mol. The van der Waals surface area contributed by atoms with Gasteiger partial charge in [-0.3, -0.25) is 4.98 Å². The molecule has 191 valence electrons. The van der Waals surface area contributed by atoms with Crippen molar-refractivity contribution < 1.29 is 47.0 Å². The average Bonchev–Trinajstić information content (AvgIpc) is 2.84. The zero-order chi connectivity index (χ0) is 25.6. The third kappa shape index (κ3) is 4.96. The maximum Gasteiger partial charge on any atom is 0.213 e. The second-order valence-corrected chi connectivity index (χ2v) is 10.3. The number of rotatable bonds is 2. The summed E-state index contributed by atoms with van der Waals surface area (Å²) in [7, 11) is 3.26. The van der Waals surface area contributed by atoms with E-state index in [1.165, 1.54) is 16.7 Å². The third-order valence-electron chi connectivity index (χ3n) is 7.79. The predicted molar refractivity (Wildman–Crippen MR) is 140 cm³/mol. The van der Waals surface area contributed by atoms with Crippen LogP contribution in [0.3, 0.4) is 0 Å². The number of pyridine rings is 2. The summed E-state index contributed by atoms with van der Waals surface area (Å²) in [5.74, 6) is 2.87. The van der Waals surface area contributed by atoms with Crippen molar-refractivity contribution in [1.82, 2.24) is 9.97 Å². The molecule has 0 aromatic carbocycles. The molecule has 1 radical (unpaired) electrons. The van der Waals surface area contributed by atoms with Gasteiger partial charge in [-0.25, -0.2) is 4.98 Å². The molecule has 4 aliphatic carbocycles. The van der Waals surface area contributed by atoms with Crippen molar-refractivity contribution in [1.29, 1.82) is 0 Å². The molecule has 0 spiro atoms. The number of aromatic nitrogens is 2. The van der Waals surface area contributed by atoms with Crippen LogP contribution in [0.5, 0.6) is 11.8 Å². The SMILES string of the molecule is C/C=C1\C2C=C(C)CC1(N)c1ccc(OC)nc1C2.COc1ccc2c(n1)CC1C=C(C)C[C-]2C1=O.[Y]. The van der Waals surface area contributed by atoms with Gasteiger partial charge in [0, 0.05) is 57.0 Å². The first-order chi connectivity index (χ1) is 17.3. The molecule has 0 fully saturated rings. The zero-order valence-electron chi connectivity index (χ0n) is 22.3. The van der Waals surface area contributed by atoms with Gasteiger partial charge in [0.1, 0.15) is 5.78 Å². The number of Topliss-reactive ketones (excluding diaryl/α,β-unsaturated/α-hetero) is 1. The third-order valence-corrected chi connectivity index (χ3v) is 7.79. The van der Waals surface area contributed by atoms with Gasteiger partial charge in [-0.05, 0) is 57.2 Å². The van der Waals surface area contributed by atoms with Crippen molar-refractivity contribution in [3.63, 3.8) is 0 Å². The molecule has 0 saturated heterocycles. The van der Waals surface area contributed by atoms with E-state index in [1.807, 2.05) is 18.2 Å². The van der Waals surface area contributed by atoms with E-state index in [4.69, 9.17) is 15.2 Å². The topological polar surface area (TPSA) is 87.3 Å². The maximum atomic E-state index is 12.1. The molecular weight excluding hydrogens is 539 g/mol. The number of allylic oxidation sites excluding steroid dienone is 4. The molecule has 37 heavy (non-hydrogen) atoms. The number of ether oxygens (including phenoxy) is 2. The summed E-state index contributed by atoms with van der Waals surface area (Å²) < 4.78 is 10.4. The quantitative estimate of drug-likeness (QED) is 0.410. The number of nitrogens with two attached hydrogens (primary N) is 1. The minimum absolute atomic E-state index is 0. The predicted octanol–water partition coefficient (Wildman–Crippen LogP) is 4.81. The van der Waals surface area contributed by atoms with Crippen LogP contribution in [-0.2, 0) is 55.9 Å². The number of carbonyl (C=O) groups is 1. The van der Waals surface area contributed by atoms with Crippen LogP contribution in [0.1, 0.15) is 56.1 Å². The summed E-state index contributed by atoms with van der Waals surface area (Å²) in [5.41, 5.74) is 14.6. The second kappa shape index (κ2) is 10.8. The van der Waals surface area contributed by atoms with E-state index >= 15 is 0 Å². The molecule has 4 aliphatic rings. The van der Waals surface area contributed by atoms with Gasteiger partial charge in [-0.1, -0.05) is 47.1 Å². The normalized spacial score (nSPS) is 25.9. The number of fused-ring (bicyclic) bond motifs is 8. The number of hydrogen-bond acceptors (Lipinski definition) is 6. The first-order valence-corrected chi connectivity index (χ1v) is 12.6. The van der Waals surface area contributed by atoms with Crippen molar-refractivity contribution in [2.24, 2.45) is 17.6 Å². The zero-order valence-corrected chi connectivity index (χ0v) is 25.1. The number of methoxy groups -OCH3 is 2. The molecular formula is C30H34N3O3Y-. The summed E-state index contributed by atoms with van der Waals surface area (Å²) in [6, 6.07) is 7.78. The molecule has 6 nitrogen and oxygen atoms in total. The molecule has 0 aliphatic heterocycles. The van der Waals surface area contributed by atoms with Crippen LogP contribution in [0, 0.1) is 17.8 Å². The molecule has 3 unspecified atom stereocenters. The van der Waals surface area contributed by atoms with Gasteiger partial charge in [-0.15, -0.1) is 0 Å². The molecule has 2 heterocycles. The number of carbonyl (C=O) groups excluding carboxylic acids is 1. The first-order valence-electron chi connectivity index (χ1n) is 12.6. The minimum atomic E-state index is -0.384. The van der Waals surface area contributed by atoms with Crippen LogP contribution in [-0.4, -0.2) is 30.0 Å². The van der Waals surface area contributed by atoms with Crippen LogP contribution in [0.4, 0.5) is 0 Å². The largest absolute Gasteiger partial charge is 0.482 e. The fraction of sp³-hybridized carbons (Fsp3) is 0.400. The first kappa shape index (κ1) is 27.8. The van der Waals surface area contributed by atoms with Gasteiger partial charge in [0.05, 0.1) is 25.5 Å². The standard InChI is InChI=1S/C16H20N2O.C14H14NO2.Y/c1-4-12-11-7-10(2)9-16(12,17)13-5-6-15(19-3)18-14(13)8-11;1-8-5-9-7-12-10(11(6-8)14(9)16)3-4-13(15-12)17-2;/h4-7,11H,8-9,17H2,1-3H3;3-5,9H,6-7H2,1-2H3;/q;-1;/b12-4+;;. The van der Waals surface area contributed by atoms with Gasteiger partial charge >= 0.3 is 0 Å². The van der Waals surface area contributed by atoms with Gasteiger partial charge < -0.3 is 20.0 Å². The van der Waals surface area contributed by atoms with Crippen LogP contribution in [0.25, 0.3) is 0 Å². The van der Waals surface area contributed by atoms with Gasteiger partial charge in [0.15, 0.2) is 5.88 Å². The summed E-state index contributed by atoms with van der Waals surface area (Å²) in [6.07, 6.45) is 9.86. The fourth-order valence-corrected chi connectivity index (χ4v) is 6.30. The van der Waals surface area contributed by atoms with Crippen molar-refractivity contribution in [3.8, 4) is 11.8 Å². The Morgan fingerprint density at radius 2 is 1.59 bits per heavy atom. The Morgan fingerprint density at radius 3 is 2.27 bits per heavy atom. The molecule has 0 saturated carbocycles. The van der Waals surface area contributed by atoms with E-state index in [2.05, 4.69) is 55.0 Å². The Balaban J connectivity index is 0.000000169. The maximum absolute atomic E-state index is 12.1. The van der Waals surface area contributed by atoms with E-state index in [0.29, 0.717) is 24.1 Å². The van der Waals surface area contributed by atoms with Crippen LogP contribution in [0.15, 0.2) is 59.2 Å². The van der Waals surface area contributed by atoms with E-state index in [9.17, 15) is 4.79 Å². The van der Waals surface area contributed by atoms with Crippen molar-refractivity contribution in [3.05, 3.63) is 87.6 Å². The van der Waals surface area contributed by atoms with Crippen LogP contribution in [0.2, 0.25) is 0 Å².